The van der Waals surface area contributed by atoms with Gasteiger partial charge in [-0.05, 0) is 18.4 Å². The highest BCUT2D eigenvalue weighted by Gasteiger charge is 2.15. The van der Waals surface area contributed by atoms with E-state index >= 15 is 0 Å². The summed E-state index contributed by atoms with van der Waals surface area (Å²) >= 11 is 0. The minimum atomic E-state index is 0.499. The molecule has 0 spiro atoms. The van der Waals surface area contributed by atoms with Gasteiger partial charge in [0.05, 0.1) is 6.42 Å². The third-order valence-electron chi connectivity index (χ3n) is 3.60. The monoisotopic (exact) mass is 257 g/mol. The molecule has 1 aromatic heterocycles. The van der Waals surface area contributed by atoms with E-state index in [4.69, 9.17) is 4.42 Å². The molecule has 4 heteroatoms. The highest BCUT2D eigenvalue weighted by Crippen LogP contribution is 2.21. The molecule has 0 atom stereocenters. The summed E-state index contributed by atoms with van der Waals surface area (Å²) in [4.78, 5) is 0. The Morgan fingerprint density at radius 2 is 1.84 bits per heavy atom. The van der Waals surface area contributed by atoms with Crippen LogP contribution in [-0.2, 0) is 6.42 Å². The molecule has 1 aromatic carbocycles. The van der Waals surface area contributed by atoms with Gasteiger partial charge in [0.2, 0.25) is 5.89 Å². The number of hydrogen-bond donors (Lipinski definition) is 1. The Kier molecular flexibility index (Phi) is 3.77. The lowest BCUT2D eigenvalue weighted by atomic mass is 9.96. The zero-order valence-electron chi connectivity index (χ0n) is 11.0. The van der Waals surface area contributed by atoms with Gasteiger partial charge >= 0.3 is 6.01 Å². The van der Waals surface area contributed by atoms with Crippen molar-refractivity contribution in [1.82, 2.24) is 10.2 Å². The van der Waals surface area contributed by atoms with Gasteiger partial charge in [-0.1, -0.05) is 54.7 Å². The lowest BCUT2D eigenvalue weighted by Crippen LogP contribution is -2.22. The quantitative estimate of drug-likeness (QED) is 0.912. The summed E-state index contributed by atoms with van der Waals surface area (Å²) in [6.45, 7) is 0. The molecule has 4 nitrogen and oxygen atoms in total. The van der Waals surface area contributed by atoms with Crippen LogP contribution in [0.15, 0.2) is 34.7 Å². The summed E-state index contributed by atoms with van der Waals surface area (Å²) in [6.07, 6.45) is 7.04. The van der Waals surface area contributed by atoms with Crippen molar-refractivity contribution in [3.8, 4) is 0 Å². The van der Waals surface area contributed by atoms with Crippen molar-refractivity contribution in [2.75, 3.05) is 5.32 Å². The van der Waals surface area contributed by atoms with Crippen LogP contribution in [0.25, 0.3) is 0 Å². The second-order valence-corrected chi connectivity index (χ2v) is 5.14. The van der Waals surface area contributed by atoms with E-state index in [9.17, 15) is 0 Å². The van der Waals surface area contributed by atoms with Gasteiger partial charge in [-0.2, -0.15) is 0 Å². The molecule has 1 N–H and O–H groups in total. The molecule has 1 saturated carbocycles. The third-order valence-corrected chi connectivity index (χ3v) is 3.60. The molecule has 1 heterocycles. The summed E-state index contributed by atoms with van der Waals surface area (Å²) in [6, 6.07) is 11.3. The largest absolute Gasteiger partial charge is 0.408 e. The third kappa shape index (κ3) is 3.34. The van der Waals surface area contributed by atoms with Crippen molar-refractivity contribution in [2.24, 2.45) is 0 Å². The molecule has 19 heavy (non-hydrogen) atoms. The molecule has 2 aromatic rings. The normalized spacial score (nSPS) is 16.4. The van der Waals surface area contributed by atoms with Crippen LogP contribution in [0.2, 0.25) is 0 Å². The number of rotatable bonds is 4. The van der Waals surface area contributed by atoms with Crippen molar-refractivity contribution in [2.45, 2.75) is 44.6 Å². The lowest BCUT2D eigenvalue weighted by molar-refractivity contribution is 0.442. The van der Waals surface area contributed by atoms with Crippen LogP contribution in [0, 0.1) is 0 Å². The molecular formula is C15H19N3O. The summed E-state index contributed by atoms with van der Waals surface area (Å²) in [7, 11) is 0. The molecule has 0 saturated heterocycles. The number of benzene rings is 1. The molecule has 0 amide bonds. The number of anilines is 1. The van der Waals surface area contributed by atoms with E-state index in [1.807, 2.05) is 18.2 Å². The predicted octanol–water partition coefficient (Wildman–Crippen LogP) is 3.41. The number of nitrogens with zero attached hydrogens (tertiary/aromatic N) is 2. The maximum atomic E-state index is 5.66. The molecule has 1 aliphatic rings. The zero-order chi connectivity index (χ0) is 12.9. The standard InChI is InChI=1S/C15H19N3O/c1-3-7-12(8-4-1)11-14-17-18-15(19-14)16-13-9-5-2-6-10-13/h1,3-4,7-8,13H,2,5-6,9-11H2,(H,16,18). The van der Waals surface area contributed by atoms with Gasteiger partial charge in [-0.25, -0.2) is 0 Å². The second kappa shape index (κ2) is 5.87. The fourth-order valence-corrected chi connectivity index (χ4v) is 2.58. The van der Waals surface area contributed by atoms with Crippen LogP contribution in [0.1, 0.15) is 43.6 Å². The van der Waals surface area contributed by atoms with Crippen LogP contribution in [0.3, 0.4) is 0 Å². The van der Waals surface area contributed by atoms with Gasteiger partial charge < -0.3 is 9.73 Å². The van der Waals surface area contributed by atoms with E-state index in [1.54, 1.807) is 0 Å². The molecule has 0 unspecified atom stereocenters. The van der Waals surface area contributed by atoms with Crippen LogP contribution in [0.5, 0.6) is 0 Å². The molecule has 1 aliphatic carbocycles. The minimum absolute atomic E-state index is 0.499. The van der Waals surface area contributed by atoms with Crippen molar-refractivity contribution < 1.29 is 4.42 Å². The van der Waals surface area contributed by atoms with Gasteiger partial charge in [0, 0.05) is 6.04 Å². The Balaban J connectivity index is 1.59. The van der Waals surface area contributed by atoms with E-state index in [-0.39, 0.29) is 0 Å². The van der Waals surface area contributed by atoms with Crippen molar-refractivity contribution in [1.29, 1.82) is 0 Å². The number of nitrogens with one attached hydrogen (secondary N) is 1. The molecular weight excluding hydrogens is 238 g/mol. The summed E-state index contributed by atoms with van der Waals surface area (Å²) in [5, 5.41) is 11.5. The minimum Gasteiger partial charge on any atom is -0.408 e. The van der Waals surface area contributed by atoms with Crippen LogP contribution < -0.4 is 5.32 Å². The smallest absolute Gasteiger partial charge is 0.315 e. The van der Waals surface area contributed by atoms with Crippen molar-refractivity contribution in [3.63, 3.8) is 0 Å². The SMILES string of the molecule is c1ccc(Cc2nnc(NC3CCCCC3)o2)cc1. The first-order valence-electron chi connectivity index (χ1n) is 7.03. The maximum Gasteiger partial charge on any atom is 0.315 e. The lowest BCUT2D eigenvalue weighted by Gasteiger charge is -2.21. The highest BCUT2D eigenvalue weighted by molar-refractivity contribution is 5.22. The second-order valence-electron chi connectivity index (χ2n) is 5.14. The summed E-state index contributed by atoms with van der Waals surface area (Å²) in [5.41, 5.74) is 1.19. The van der Waals surface area contributed by atoms with E-state index < -0.39 is 0 Å². The summed E-state index contributed by atoms with van der Waals surface area (Å²) in [5.74, 6) is 0.671. The first-order valence-corrected chi connectivity index (χ1v) is 7.03. The average Bonchev–Trinajstić information content (AvgIpc) is 2.88. The van der Waals surface area contributed by atoms with E-state index in [0.29, 0.717) is 24.4 Å². The highest BCUT2D eigenvalue weighted by atomic mass is 16.4. The van der Waals surface area contributed by atoms with Gasteiger partial charge in [0.1, 0.15) is 0 Å². The van der Waals surface area contributed by atoms with Crippen molar-refractivity contribution >= 4 is 6.01 Å². The molecule has 0 radical (unpaired) electrons. The Morgan fingerprint density at radius 3 is 2.63 bits per heavy atom. The van der Waals surface area contributed by atoms with E-state index in [0.717, 1.165) is 0 Å². The van der Waals surface area contributed by atoms with Crippen LogP contribution >= 0.6 is 0 Å². The molecule has 100 valence electrons. The Morgan fingerprint density at radius 1 is 1.05 bits per heavy atom. The molecule has 1 fully saturated rings. The Hall–Kier alpha value is -1.84. The first kappa shape index (κ1) is 12.2. The Labute approximate surface area is 113 Å². The van der Waals surface area contributed by atoms with Gasteiger partial charge in [-0.3, -0.25) is 0 Å². The van der Waals surface area contributed by atoms with Crippen LogP contribution in [0.4, 0.5) is 6.01 Å². The molecule has 0 aliphatic heterocycles. The van der Waals surface area contributed by atoms with Crippen molar-refractivity contribution in [3.05, 3.63) is 41.8 Å². The average molecular weight is 257 g/mol. The predicted molar refractivity (Wildman–Crippen MR) is 74.0 cm³/mol. The number of aromatic nitrogens is 2. The molecule has 3 rings (SSSR count). The van der Waals surface area contributed by atoms with Gasteiger partial charge in [-0.15, -0.1) is 5.10 Å². The fraction of sp³-hybridized carbons (Fsp3) is 0.467. The fourth-order valence-electron chi connectivity index (χ4n) is 2.58. The van der Waals surface area contributed by atoms with E-state index in [1.165, 1.54) is 37.7 Å². The maximum absolute atomic E-state index is 5.66. The Bertz CT molecular complexity index is 503. The zero-order valence-corrected chi connectivity index (χ0v) is 11.0. The first-order chi connectivity index (χ1) is 9.40. The van der Waals surface area contributed by atoms with Gasteiger partial charge in [0.25, 0.3) is 0 Å². The van der Waals surface area contributed by atoms with E-state index in [2.05, 4.69) is 27.6 Å². The van der Waals surface area contributed by atoms with Gasteiger partial charge in [0.15, 0.2) is 0 Å². The van der Waals surface area contributed by atoms with Crippen LogP contribution in [-0.4, -0.2) is 16.2 Å². The summed E-state index contributed by atoms with van der Waals surface area (Å²) < 4.78 is 5.66. The topological polar surface area (TPSA) is 51.0 Å². The number of hydrogen-bond acceptors (Lipinski definition) is 4. The molecule has 0 bridgehead atoms.